The fraction of sp³-hybridized carbons (Fsp3) is 0.550. The molecule has 1 N–H and O–H groups in total. The number of methoxy groups -OCH3 is 1. The van der Waals surface area contributed by atoms with Crippen molar-refractivity contribution < 1.29 is 23.9 Å². The number of carbonyl (C=O) groups excluding carboxylic acids is 3. The minimum Gasteiger partial charge on any atom is -0.497 e. The van der Waals surface area contributed by atoms with Gasteiger partial charge < -0.3 is 14.8 Å². The van der Waals surface area contributed by atoms with Crippen LogP contribution in [0.5, 0.6) is 5.75 Å². The molecular formula is C20H28N2O5. The Kier molecular flexibility index (Phi) is 6.13. The van der Waals surface area contributed by atoms with Gasteiger partial charge in [0.1, 0.15) is 17.4 Å². The van der Waals surface area contributed by atoms with Crippen LogP contribution >= 0.6 is 0 Å². The van der Waals surface area contributed by atoms with E-state index in [0.29, 0.717) is 17.9 Å². The number of nitrogens with one attached hydrogen (secondary N) is 1. The van der Waals surface area contributed by atoms with Gasteiger partial charge in [-0.15, -0.1) is 0 Å². The van der Waals surface area contributed by atoms with E-state index in [9.17, 15) is 14.4 Å². The molecule has 1 aliphatic heterocycles. The monoisotopic (exact) mass is 376 g/mol. The van der Waals surface area contributed by atoms with Crippen molar-refractivity contribution in [2.24, 2.45) is 5.92 Å². The van der Waals surface area contributed by atoms with E-state index in [-0.39, 0.29) is 5.92 Å². The molecule has 27 heavy (non-hydrogen) atoms. The Bertz CT molecular complexity index is 706. The van der Waals surface area contributed by atoms with Crippen LogP contribution in [0.4, 0.5) is 10.5 Å². The number of β-lactam (4-membered cyclic amide) rings is 1. The first-order valence-corrected chi connectivity index (χ1v) is 9.04. The highest BCUT2D eigenvalue weighted by molar-refractivity contribution is 6.52. The smallest absolute Gasteiger partial charge is 0.407 e. The van der Waals surface area contributed by atoms with E-state index in [4.69, 9.17) is 9.47 Å². The van der Waals surface area contributed by atoms with Gasteiger partial charge in [0, 0.05) is 5.69 Å². The first-order chi connectivity index (χ1) is 12.5. The van der Waals surface area contributed by atoms with E-state index in [1.165, 1.54) is 4.90 Å². The summed E-state index contributed by atoms with van der Waals surface area (Å²) in [7, 11) is 1.56. The summed E-state index contributed by atoms with van der Waals surface area (Å²) in [6.07, 6.45) is -0.0646. The van der Waals surface area contributed by atoms with Crippen LogP contribution in [0.3, 0.4) is 0 Å². The molecule has 0 saturated carbocycles. The largest absolute Gasteiger partial charge is 0.497 e. The predicted molar refractivity (Wildman–Crippen MR) is 102 cm³/mol. The van der Waals surface area contributed by atoms with Crippen LogP contribution in [-0.4, -0.2) is 42.6 Å². The number of ketones is 1. The number of alkyl carbamates (subject to hydrolysis) is 1. The predicted octanol–water partition coefficient (Wildman–Crippen LogP) is 2.92. The second kappa shape index (κ2) is 7.98. The maximum absolute atomic E-state index is 12.4. The fourth-order valence-corrected chi connectivity index (χ4v) is 3.04. The molecule has 2 atom stereocenters. The van der Waals surface area contributed by atoms with E-state index < -0.39 is 35.5 Å². The molecule has 1 aliphatic rings. The lowest BCUT2D eigenvalue weighted by Gasteiger charge is -2.43. The van der Waals surface area contributed by atoms with Crippen LogP contribution in [0, 0.1) is 5.92 Å². The number of hydrogen-bond donors (Lipinski definition) is 1. The van der Waals surface area contributed by atoms with Gasteiger partial charge in [-0.1, -0.05) is 13.8 Å². The molecule has 0 unspecified atom stereocenters. The summed E-state index contributed by atoms with van der Waals surface area (Å²) >= 11 is 0. The molecule has 0 aliphatic carbocycles. The van der Waals surface area contributed by atoms with Gasteiger partial charge in [-0.05, 0) is 57.4 Å². The van der Waals surface area contributed by atoms with Crippen LogP contribution in [0.25, 0.3) is 0 Å². The molecule has 1 fully saturated rings. The van der Waals surface area contributed by atoms with Crippen LogP contribution < -0.4 is 15.0 Å². The van der Waals surface area contributed by atoms with Crippen molar-refractivity contribution in [2.45, 2.75) is 58.7 Å². The highest BCUT2D eigenvalue weighted by atomic mass is 16.6. The van der Waals surface area contributed by atoms with Crippen molar-refractivity contribution in [3.8, 4) is 5.75 Å². The lowest BCUT2D eigenvalue weighted by molar-refractivity contribution is -0.144. The molecule has 0 spiro atoms. The third kappa shape index (κ3) is 4.99. The Morgan fingerprint density at radius 2 is 1.78 bits per heavy atom. The van der Waals surface area contributed by atoms with Gasteiger partial charge in [-0.25, -0.2) is 4.79 Å². The molecule has 2 rings (SSSR count). The van der Waals surface area contributed by atoms with E-state index in [1.54, 1.807) is 52.1 Å². The van der Waals surface area contributed by atoms with Gasteiger partial charge in [-0.3, -0.25) is 14.5 Å². The third-order valence-corrected chi connectivity index (χ3v) is 4.14. The Balaban J connectivity index is 2.24. The Morgan fingerprint density at radius 1 is 1.19 bits per heavy atom. The van der Waals surface area contributed by atoms with Gasteiger partial charge in [0.25, 0.3) is 5.91 Å². The van der Waals surface area contributed by atoms with Gasteiger partial charge >= 0.3 is 6.09 Å². The van der Waals surface area contributed by atoms with Crippen LogP contribution in [0.15, 0.2) is 24.3 Å². The second-order valence-electron chi connectivity index (χ2n) is 8.06. The quantitative estimate of drug-likeness (QED) is 0.609. The number of hydrogen-bond acceptors (Lipinski definition) is 5. The fourth-order valence-electron chi connectivity index (χ4n) is 3.04. The van der Waals surface area contributed by atoms with Crippen molar-refractivity contribution in [1.29, 1.82) is 0 Å². The molecule has 7 heteroatoms. The van der Waals surface area contributed by atoms with Crippen molar-refractivity contribution in [3.05, 3.63) is 24.3 Å². The average Bonchev–Trinajstić information content (AvgIpc) is 2.56. The molecule has 1 aromatic carbocycles. The Labute approximate surface area is 160 Å². The molecule has 1 aromatic rings. The summed E-state index contributed by atoms with van der Waals surface area (Å²) in [5.74, 6) is -0.219. The molecule has 0 radical (unpaired) electrons. The summed E-state index contributed by atoms with van der Waals surface area (Å²) in [4.78, 5) is 38.3. The molecule has 2 amide bonds. The van der Waals surface area contributed by atoms with E-state index in [2.05, 4.69) is 5.32 Å². The minimum absolute atomic E-state index is 0.214. The van der Waals surface area contributed by atoms with Gasteiger partial charge in [0.15, 0.2) is 0 Å². The molecule has 148 valence electrons. The van der Waals surface area contributed by atoms with Gasteiger partial charge in [0.2, 0.25) is 5.78 Å². The molecular weight excluding hydrogens is 348 g/mol. The Morgan fingerprint density at radius 3 is 2.26 bits per heavy atom. The summed E-state index contributed by atoms with van der Waals surface area (Å²) in [5.41, 5.74) is -0.0631. The van der Waals surface area contributed by atoms with Crippen molar-refractivity contribution in [3.63, 3.8) is 0 Å². The van der Waals surface area contributed by atoms with Crippen molar-refractivity contribution in [1.82, 2.24) is 5.32 Å². The number of nitrogens with zero attached hydrogens (tertiary/aromatic N) is 1. The Hall–Kier alpha value is -2.57. The highest BCUT2D eigenvalue weighted by Gasteiger charge is 2.51. The van der Waals surface area contributed by atoms with Crippen molar-refractivity contribution >= 4 is 23.5 Å². The number of carbonyl (C=O) groups is 3. The zero-order chi connectivity index (χ0) is 20.4. The molecule has 0 bridgehead atoms. The first-order valence-electron chi connectivity index (χ1n) is 9.04. The second-order valence-corrected chi connectivity index (χ2v) is 8.06. The van der Waals surface area contributed by atoms with Crippen LogP contribution in [-0.2, 0) is 14.3 Å². The summed E-state index contributed by atoms with van der Waals surface area (Å²) in [6.45, 7) is 9.29. The molecule has 7 nitrogen and oxygen atoms in total. The lowest BCUT2D eigenvalue weighted by atomic mass is 9.87. The summed E-state index contributed by atoms with van der Waals surface area (Å²) < 4.78 is 10.5. The maximum atomic E-state index is 12.4. The zero-order valence-electron chi connectivity index (χ0n) is 16.7. The molecule has 1 saturated heterocycles. The number of benzene rings is 1. The van der Waals surface area contributed by atoms with Gasteiger partial charge in [-0.2, -0.15) is 0 Å². The number of anilines is 1. The lowest BCUT2D eigenvalue weighted by Crippen LogP contribution is -2.70. The van der Waals surface area contributed by atoms with Gasteiger partial charge in [0.05, 0.1) is 13.2 Å². The van der Waals surface area contributed by atoms with E-state index >= 15 is 0 Å². The SMILES string of the molecule is COc1ccc(N2C(=O)C(=O)[C@H]2[C@H](CC(C)C)NC(=O)OC(C)(C)C)cc1. The topological polar surface area (TPSA) is 84.9 Å². The maximum Gasteiger partial charge on any atom is 0.407 e. The standard InChI is InChI=1S/C20H28N2O5/c1-12(2)11-15(21-19(25)27-20(3,4)5)16-17(23)18(24)22(16)13-7-9-14(26-6)10-8-13/h7-10,12,15-16H,11H2,1-6H3,(H,21,25)/t15-,16+/m0/s1. The van der Waals surface area contributed by atoms with Crippen LogP contribution in [0.2, 0.25) is 0 Å². The van der Waals surface area contributed by atoms with Crippen molar-refractivity contribution in [2.75, 3.05) is 12.0 Å². The van der Waals surface area contributed by atoms with Crippen LogP contribution in [0.1, 0.15) is 41.0 Å². The zero-order valence-corrected chi connectivity index (χ0v) is 16.7. The number of amides is 2. The minimum atomic E-state index is -0.749. The van der Waals surface area contributed by atoms with E-state index in [0.717, 1.165) is 0 Å². The highest BCUT2D eigenvalue weighted by Crippen LogP contribution is 2.31. The third-order valence-electron chi connectivity index (χ3n) is 4.14. The molecule has 1 heterocycles. The average molecular weight is 376 g/mol. The number of Topliss-reactive ketones (excluding diaryl/α,β-unsaturated/α-hetero) is 1. The normalized spacial score (nSPS) is 18.2. The summed E-state index contributed by atoms with van der Waals surface area (Å²) in [5, 5.41) is 2.78. The number of rotatable bonds is 6. The van der Waals surface area contributed by atoms with E-state index in [1.807, 2.05) is 13.8 Å². The number of ether oxygens (including phenoxy) is 2. The molecule has 0 aromatic heterocycles. The summed E-state index contributed by atoms with van der Waals surface area (Å²) in [6, 6.07) is 5.60. The first kappa shape index (κ1) is 20.7.